The molecule has 1 aromatic carbocycles. The van der Waals surface area contributed by atoms with E-state index in [2.05, 4.69) is 4.99 Å². The molecule has 0 radical (unpaired) electrons. The van der Waals surface area contributed by atoms with Gasteiger partial charge in [-0.2, -0.15) is 0 Å². The minimum absolute atomic E-state index is 0.133. The second kappa shape index (κ2) is 12.1. The van der Waals surface area contributed by atoms with Gasteiger partial charge in [0.25, 0.3) is 0 Å². The van der Waals surface area contributed by atoms with E-state index in [-0.39, 0.29) is 9.83 Å². The number of rotatable bonds is 7. The monoisotopic (exact) mass is 590 g/mol. The van der Waals surface area contributed by atoms with E-state index < -0.39 is 61.1 Å². The number of carbonyl (C=O) groups is 4. The Kier molecular flexibility index (Phi) is 8.81. The smallest absolute Gasteiger partial charge is 0.303 e. The highest BCUT2D eigenvalue weighted by atomic mass is 32.1. The van der Waals surface area contributed by atoms with Gasteiger partial charge >= 0.3 is 23.9 Å². The van der Waals surface area contributed by atoms with Gasteiger partial charge in [-0.15, -0.1) is 11.3 Å². The van der Waals surface area contributed by atoms with E-state index in [1.54, 1.807) is 12.3 Å². The SMILES string of the molecule is CC(=O)OC[C@@H]1O[C@@H](n2c(O)c(C=C3C=Nc4ccccc43)sc2=S)[C@@H](OC(C)=O)[C@@H](OC(C)=O)[C@H]1OC(C)=O. The van der Waals surface area contributed by atoms with Crippen molar-refractivity contribution < 1.29 is 48.0 Å². The molecule has 0 unspecified atom stereocenters. The van der Waals surface area contributed by atoms with Gasteiger partial charge in [0.2, 0.25) is 5.88 Å². The molecule has 14 heteroatoms. The van der Waals surface area contributed by atoms with E-state index in [0.29, 0.717) is 4.88 Å². The summed E-state index contributed by atoms with van der Waals surface area (Å²) in [5.41, 5.74) is 2.37. The molecular formula is C26H26N2O10S2. The number of para-hydroxylation sites is 1. The van der Waals surface area contributed by atoms with Gasteiger partial charge in [0, 0.05) is 45.0 Å². The molecule has 12 nitrogen and oxygen atoms in total. The number of carbonyl (C=O) groups excluding carboxylic acids is 4. The first-order valence-corrected chi connectivity index (χ1v) is 13.3. The van der Waals surface area contributed by atoms with Crippen LogP contribution in [-0.4, -0.2) is 70.8 Å². The summed E-state index contributed by atoms with van der Waals surface area (Å²) < 4.78 is 29.0. The van der Waals surface area contributed by atoms with Crippen molar-refractivity contribution in [1.82, 2.24) is 4.57 Å². The molecule has 1 N–H and O–H groups in total. The molecule has 2 aliphatic rings. The first-order valence-electron chi connectivity index (χ1n) is 12.1. The van der Waals surface area contributed by atoms with Crippen LogP contribution in [-0.2, 0) is 42.9 Å². The molecule has 0 amide bonds. The predicted octanol–water partition coefficient (Wildman–Crippen LogP) is 3.50. The molecule has 2 aliphatic heterocycles. The number of hydrogen-bond acceptors (Lipinski definition) is 13. The molecule has 1 aromatic heterocycles. The average molecular weight is 591 g/mol. The third-order valence-corrected chi connectivity index (χ3v) is 7.25. The van der Waals surface area contributed by atoms with Gasteiger partial charge in [-0.1, -0.05) is 18.2 Å². The third-order valence-electron chi connectivity index (χ3n) is 5.91. The lowest BCUT2D eigenvalue weighted by molar-refractivity contribution is -0.269. The number of aromatic nitrogens is 1. The number of aromatic hydroxyl groups is 1. The summed E-state index contributed by atoms with van der Waals surface area (Å²) >= 11 is 6.61. The maximum absolute atomic E-state index is 12.2. The van der Waals surface area contributed by atoms with Crippen molar-refractivity contribution in [2.75, 3.05) is 6.61 Å². The maximum Gasteiger partial charge on any atom is 0.303 e. The van der Waals surface area contributed by atoms with E-state index in [9.17, 15) is 24.3 Å². The Morgan fingerprint density at radius 2 is 1.62 bits per heavy atom. The Hall–Kier alpha value is -3.88. The number of benzene rings is 1. The number of allylic oxidation sites excluding steroid dienone is 1. The summed E-state index contributed by atoms with van der Waals surface area (Å²) in [5.74, 6) is -3.25. The van der Waals surface area contributed by atoms with Crippen LogP contribution in [0.2, 0.25) is 0 Å². The largest absolute Gasteiger partial charge is 0.493 e. The first-order chi connectivity index (χ1) is 19.0. The van der Waals surface area contributed by atoms with Crippen LogP contribution in [0.5, 0.6) is 5.88 Å². The van der Waals surface area contributed by atoms with Crippen LogP contribution < -0.4 is 0 Å². The molecule has 0 saturated carbocycles. The molecule has 0 bridgehead atoms. The minimum atomic E-state index is -1.42. The summed E-state index contributed by atoms with van der Waals surface area (Å²) in [6.45, 7) is 4.16. The number of ether oxygens (including phenoxy) is 5. The predicted molar refractivity (Wildman–Crippen MR) is 144 cm³/mol. The highest BCUT2D eigenvalue weighted by Gasteiger charge is 2.53. The molecule has 1 fully saturated rings. The fraction of sp³-hybridized carbons (Fsp3) is 0.385. The third kappa shape index (κ3) is 6.29. The van der Waals surface area contributed by atoms with Crippen LogP contribution in [0.15, 0.2) is 29.3 Å². The van der Waals surface area contributed by atoms with Gasteiger partial charge in [0.05, 0.1) is 10.6 Å². The molecule has 0 aliphatic carbocycles. The van der Waals surface area contributed by atoms with E-state index in [4.69, 9.17) is 35.9 Å². The minimum Gasteiger partial charge on any atom is -0.493 e. The number of aliphatic imine (C=N–C) groups is 1. The van der Waals surface area contributed by atoms with Crippen molar-refractivity contribution >= 4 is 71.0 Å². The number of thiazole rings is 1. The van der Waals surface area contributed by atoms with Gasteiger partial charge in [-0.3, -0.25) is 28.7 Å². The first kappa shape index (κ1) is 29.1. The van der Waals surface area contributed by atoms with Crippen molar-refractivity contribution in [3.8, 4) is 5.88 Å². The highest BCUT2D eigenvalue weighted by Crippen LogP contribution is 2.41. The van der Waals surface area contributed by atoms with Crippen LogP contribution in [0.3, 0.4) is 0 Å². The average Bonchev–Trinajstić information content (AvgIpc) is 3.40. The zero-order valence-corrected chi connectivity index (χ0v) is 23.5. The van der Waals surface area contributed by atoms with Gasteiger partial charge in [-0.25, -0.2) is 0 Å². The molecule has 40 heavy (non-hydrogen) atoms. The van der Waals surface area contributed by atoms with E-state index in [1.165, 1.54) is 11.5 Å². The van der Waals surface area contributed by atoms with Gasteiger partial charge in [0.1, 0.15) is 12.7 Å². The second-order valence-corrected chi connectivity index (χ2v) is 10.6. The van der Waals surface area contributed by atoms with Crippen LogP contribution in [0.4, 0.5) is 5.69 Å². The summed E-state index contributed by atoms with van der Waals surface area (Å²) in [4.78, 5) is 52.5. The van der Waals surface area contributed by atoms with Crippen LogP contribution >= 0.6 is 23.6 Å². The number of nitrogens with zero attached hydrogens (tertiary/aromatic N) is 2. The molecule has 2 aromatic rings. The van der Waals surface area contributed by atoms with Crippen molar-refractivity contribution in [2.45, 2.75) is 58.3 Å². The van der Waals surface area contributed by atoms with Crippen molar-refractivity contribution in [3.63, 3.8) is 0 Å². The molecule has 4 rings (SSSR count). The van der Waals surface area contributed by atoms with E-state index in [1.807, 2.05) is 24.3 Å². The molecule has 1 saturated heterocycles. The molecule has 0 spiro atoms. The van der Waals surface area contributed by atoms with Crippen molar-refractivity contribution in [2.24, 2.45) is 4.99 Å². The summed E-state index contributed by atoms with van der Waals surface area (Å²) in [6, 6.07) is 7.48. The molecule has 212 valence electrons. The lowest BCUT2D eigenvalue weighted by atomic mass is 9.97. The van der Waals surface area contributed by atoms with Gasteiger partial charge in [-0.05, 0) is 24.4 Å². The second-order valence-electron chi connectivity index (χ2n) is 8.89. The lowest BCUT2D eigenvalue weighted by Crippen LogP contribution is -2.60. The maximum atomic E-state index is 12.2. The summed E-state index contributed by atoms with van der Waals surface area (Å²) in [5, 5.41) is 11.3. The number of fused-ring (bicyclic) bond motifs is 1. The number of hydrogen-bond donors (Lipinski definition) is 1. The normalized spacial score (nSPS) is 24.3. The Labute approximate surface area is 237 Å². The summed E-state index contributed by atoms with van der Waals surface area (Å²) in [7, 11) is 0. The Morgan fingerprint density at radius 3 is 2.27 bits per heavy atom. The zero-order valence-electron chi connectivity index (χ0n) is 21.9. The quantitative estimate of drug-likeness (QED) is 0.287. The topological polar surface area (TPSA) is 152 Å². The van der Waals surface area contributed by atoms with Gasteiger partial charge in [0.15, 0.2) is 28.5 Å². The molecule has 3 heterocycles. The molecular weight excluding hydrogens is 564 g/mol. The Bertz CT molecular complexity index is 1460. The molecule has 5 atom stereocenters. The Morgan fingerprint density at radius 1 is 1.00 bits per heavy atom. The lowest BCUT2D eigenvalue weighted by Gasteiger charge is -2.44. The van der Waals surface area contributed by atoms with Crippen molar-refractivity contribution in [3.05, 3.63) is 38.7 Å². The van der Waals surface area contributed by atoms with E-state index >= 15 is 0 Å². The van der Waals surface area contributed by atoms with Gasteiger partial charge < -0.3 is 28.8 Å². The summed E-state index contributed by atoms with van der Waals surface area (Å²) in [6.07, 6.45) is -3.34. The Balaban J connectivity index is 1.81. The van der Waals surface area contributed by atoms with Crippen LogP contribution in [0, 0.1) is 3.95 Å². The zero-order chi connectivity index (χ0) is 29.1. The fourth-order valence-corrected chi connectivity index (χ4v) is 5.73. The van der Waals surface area contributed by atoms with E-state index in [0.717, 1.165) is 48.9 Å². The number of esters is 4. The highest BCUT2D eigenvalue weighted by molar-refractivity contribution is 7.73. The standard InChI is InChI=1S/C26H26N2O10S2/c1-12(29)34-11-19-21(35-13(2)30)22(36-14(3)31)23(37-15(4)32)25(38-19)28-24(33)20(40-26(28)39)9-16-10-27-18-8-6-5-7-17(16)18/h5-10,19,21-23,25,33H,11H2,1-4H3/t19-,21-,22-,23-,25+/m0/s1. The fourth-order valence-electron chi connectivity index (χ4n) is 4.42. The van der Waals surface area contributed by atoms with Crippen molar-refractivity contribution in [1.29, 1.82) is 0 Å². The van der Waals surface area contributed by atoms with Crippen LogP contribution in [0.25, 0.3) is 11.6 Å². The van der Waals surface area contributed by atoms with Crippen LogP contribution in [0.1, 0.15) is 44.4 Å².